The number of thiazole rings is 1. The highest BCUT2D eigenvalue weighted by molar-refractivity contribution is 7.09. The Balaban J connectivity index is 1.76. The minimum Gasteiger partial charge on any atom is -0.379 e. The van der Waals surface area contributed by atoms with Gasteiger partial charge in [0.15, 0.2) is 11.7 Å². The minimum atomic E-state index is -4.40. The standard InChI is InChI=1S/C15H24F3N5OS/c1-2-19-14(20-4-3-5-23-6-8-24-9-7-23)21-10-13-22-12(11-25-13)15(16,17)18/h11H,2-10H2,1H3,(H2,19,20,21). The lowest BCUT2D eigenvalue weighted by molar-refractivity contribution is -0.140. The highest BCUT2D eigenvalue weighted by Crippen LogP contribution is 2.30. The van der Waals surface area contributed by atoms with Crippen molar-refractivity contribution in [3.8, 4) is 0 Å². The summed E-state index contributed by atoms with van der Waals surface area (Å²) in [5.74, 6) is 0.591. The number of hydrogen-bond donors (Lipinski definition) is 2. The van der Waals surface area contributed by atoms with Crippen molar-refractivity contribution in [2.24, 2.45) is 4.99 Å². The van der Waals surface area contributed by atoms with E-state index in [2.05, 4.69) is 25.5 Å². The van der Waals surface area contributed by atoms with Gasteiger partial charge in [-0.1, -0.05) is 0 Å². The largest absolute Gasteiger partial charge is 0.434 e. The van der Waals surface area contributed by atoms with E-state index >= 15 is 0 Å². The summed E-state index contributed by atoms with van der Waals surface area (Å²) in [6, 6.07) is 0. The van der Waals surface area contributed by atoms with Crippen molar-refractivity contribution in [1.82, 2.24) is 20.5 Å². The van der Waals surface area contributed by atoms with Crippen LogP contribution in [0.3, 0.4) is 0 Å². The molecule has 0 amide bonds. The van der Waals surface area contributed by atoms with Gasteiger partial charge in [-0.2, -0.15) is 13.2 Å². The zero-order chi connectivity index (χ0) is 18.1. The summed E-state index contributed by atoms with van der Waals surface area (Å²) in [6.07, 6.45) is -3.44. The predicted octanol–water partition coefficient (Wildman–Crippen LogP) is 1.94. The highest BCUT2D eigenvalue weighted by atomic mass is 32.1. The van der Waals surface area contributed by atoms with Gasteiger partial charge >= 0.3 is 6.18 Å². The van der Waals surface area contributed by atoms with E-state index in [1.54, 1.807) is 0 Å². The molecule has 1 saturated heterocycles. The number of rotatable bonds is 7. The van der Waals surface area contributed by atoms with Gasteiger partial charge in [-0.15, -0.1) is 11.3 Å². The van der Waals surface area contributed by atoms with Crippen LogP contribution in [0, 0.1) is 0 Å². The number of guanidine groups is 1. The first-order valence-corrected chi connectivity index (χ1v) is 9.21. The Hall–Kier alpha value is -1.39. The van der Waals surface area contributed by atoms with Crippen LogP contribution in [0.2, 0.25) is 0 Å². The second-order valence-electron chi connectivity index (χ2n) is 5.55. The maximum Gasteiger partial charge on any atom is 0.434 e. The van der Waals surface area contributed by atoms with Crippen molar-refractivity contribution in [1.29, 1.82) is 0 Å². The van der Waals surface area contributed by atoms with E-state index in [0.717, 1.165) is 62.5 Å². The normalized spacial score (nSPS) is 16.9. The lowest BCUT2D eigenvalue weighted by Gasteiger charge is -2.26. The molecule has 2 N–H and O–H groups in total. The van der Waals surface area contributed by atoms with Gasteiger partial charge in [-0.05, 0) is 19.9 Å². The summed E-state index contributed by atoms with van der Waals surface area (Å²) < 4.78 is 43.0. The molecule has 0 unspecified atom stereocenters. The molecule has 0 spiro atoms. The molecule has 1 fully saturated rings. The van der Waals surface area contributed by atoms with Crippen LogP contribution in [0.15, 0.2) is 10.4 Å². The molecule has 1 aromatic rings. The molecule has 25 heavy (non-hydrogen) atoms. The van der Waals surface area contributed by atoms with Crippen LogP contribution in [-0.4, -0.2) is 61.8 Å². The van der Waals surface area contributed by atoms with Crippen LogP contribution in [0.1, 0.15) is 24.0 Å². The molecule has 1 aliphatic heterocycles. The smallest absolute Gasteiger partial charge is 0.379 e. The van der Waals surface area contributed by atoms with E-state index in [1.807, 2.05) is 6.92 Å². The molecule has 0 saturated carbocycles. The van der Waals surface area contributed by atoms with Crippen LogP contribution in [-0.2, 0) is 17.5 Å². The summed E-state index contributed by atoms with van der Waals surface area (Å²) >= 11 is 0.971. The fourth-order valence-corrected chi connectivity index (χ4v) is 3.06. The predicted molar refractivity (Wildman–Crippen MR) is 91.8 cm³/mol. The topological polar surface area (TPSA) is 61.8 Å². The van der Waals surface area contributed by atoms with Crippen LogP contribution in [0.25, 0.3) is 0 Å². The number of aromatic nitrogens is 1. The fourth-order valence-electron chi connectivity index (χ4n) is 2.34. The van der Waals surface area contributed by atoms with Crippen molar-refractivity contribution in [2.45, 2.75) is 26.1 Å². The van der Waals surface area contributed by atoms with Crippen molar-refractivity contribution in [2.75, 3.05) is 45.9 Å². The number of nitrogens with zero attached hydrogens (tertiary/aromatic N) is 3. The third kappa shape index (κ3) is 7.17. The number of hydrogen-bond acceptors (Lipinski definition) is 5. The molecule has 10 heteroatoms. The summed E-state index contributed by atoms with van der Waals surface area (Å²) in [6.45, 7) is 7.96. The van der Waals surface area contributed by atoms with Crippen molar-refractivity contribution in [3.05, 3.63) is 16.1 Å². The molecule has 1 aromatic heterocycles. The minimum absolute atomic E-state index is 0.125. The van der Waals surface area contributed by atoms with Gasteiger partial charge in [-0.3, -0.25) is 4.90 Å². The monoisotopic (exact) mass is 379 g/mol. The second-order valence-corrected chi connectivity index (χ2v) is 6.50. The summed E-state index contributed by atoms with van der Waals surface area (Å²) in [5.41, 5.74) is -0.855. The third-order valence-electron chi connectivity index (χ3n) is 3.61. The Morgan fingerprint density at radius 1 is 1.36 bits per heavy atom. The Kier molecular flexibility index (Phi) is 7.91. The Labute approximate surface area is 149 Å². The zero-order valence-electron chi connectivity index (χ0n) is 14.2. The Morgan fingerprint density at radius 3 is 2.76 bits per heavy atom. The molecule has 2 heterocycles. The average Bonchev–Trinajstić information content (AvgIpc) is 3.07. The first-order valence-electron chi connectivity index (χ1n) is 8.33. The number of aliphatic imine (C=N–C) groups is 1. The molecule has 0 bridgehead atoms. The third-order valence-corrected chi connectivity index (χ3v) is 4.44. The molecule has 1 aliphatic rings. The average molecular weight is 379 g/mol. The summed E-state index contributed by atoms with van der Waals surface area (Å²) in [4.78, 5) is 10.2. The lowest BCUT2D eigenvalue weighted by Crippen LogP contribution is -2.40. The van der Waals surface area contributed by atoms with E-state index in [1.165, 1.54) is 0 Å². The van der Waals surface area contributed by atoms with Crippen molar-refractivity contribution < 1.29 is 17.9 Å². The molecule has 0 atom stereocenters. The SMILES string of the molecule is CCNC(=NCc1nc(C(F)(F)F)cs1)NCCCN1CCOCC1. The molecule has 6 nitrogen and oxygen atoms in total. The maximum atomic E-state index is 12.6. The molecule has 0 aromatic carbocycles. The number of morpholine rings is 1. The van der Waals surface area contributed by atoms with E-state index in [0.29, 0.717) is 17.5 Å². The van der Waals surface area contributed by atoms with Crippen LogP contribution < -0.4 is 10.6 Å². The van der Waals surface area contributed by atoms with Gasteiger partial charge in [0.2, 0.25) is 0 Å². The number of halogens is 3. The number of alkyl halides is 3. The van der Waals surface area contributed by atoms with Gasteiger partial charge in [-0.25, -0.2) is 9.98 Å². The summed E-state index contributed by atoms with van der Waals surface area (Å²) in [7, 11) is 0. The van der Waals surface area contributed by atoms with E-state index in [9.17, 15) is 13.2 Å². The molecule has 2 rings (SSSR count). The van der Waals surface area contributed by atoms with Crippen LogP contribution in [0.5, 0.6) is 0 Å². The second kappa shape index (κ2) is 9.93. The van der Waals surface area contributed by atoms with Gasteiger partial charge in [0.05, 0.1) is 19.8 Å². The van der Waals surface area contributed by atoms with E-state index < -0.39 is 11.9 Å². The van der Waals surface area contributed by atoms with Gasteiger partial charge in [0.1, 0.15) is 5.01 Å². The molecule has 142 valence electrons. The quantitative estimate of drug-likeness (QED) is 0.431. The Bertz CT molecular complexity index is 544. The highest BCUT2D eigenvalue weighted by Gasteiger charge is 2.33. The first-order chi connectivity index (χ1) is 12.0. The van der Waals surface area contributed by atoms with Gasteiger partial charge in [0.25, 0.3) is 0 Å². The molecular weight excluding hydrogens is 355 g/mol. The maximum absolute atomic E-state index is 12.6. The fraction of sp³-hybridized carbons (Fsp3) is 0.733. The van der Waals surface area contributed by atoms with E-state index in [4.69, 9.17) is 4.74 Å². The molecule has 0 aliphatic carbocycles. The molecular formula is C15H24F3N5OS. The Morgan fingerprint density at radius 2 is 2.12 bits per heavy atom. The lowest BCUT2D eigenvalue weighted by atomic mass is 10.3. The van der Waals surface area contributed by atoms with Gasteiger partial charge in [0, 0.05) is 31.6 Å². The molecule has 0 radical (unpaired) electrons. The van der Waals surface area contributed by atoms with E-state index in [-0.39, 0.29) is 6.54 Å². The number of ether oxygens (including phenoxy) is 1. The van der Waals surface area contributed by atoms with Crippen molar-refractivity contribution >= 4 is 17.3 Å². The first kappa shape index (κ1) is 19.9. The summed E-state index contributed by atoms with van der Waals surface area (Å²) in [5, 5.41) is 7.66. The van der Waals surface area contributed by atoms with Crippen molar-refractivity contribution in [3.63, 3.8) is 0 Å². The van der Waals surface area contributed by atoms with Crippen LogP contribution in [0.4, 0.5) is 13.2 Å². The number of nitrogens with one attached hydrogen (secondary N) is 2. The zero-order valence-corrected chi connectivity index (χ0v) is 15.0. The van der Waals surface area contributed by atoms with Crippen LogP contribution >= 0.6 is 11.3 Å². The van der Waals surface area contributed by atoms with Gasteiger partial charge < -0.3 is 15.4 Å².